The van der Waals surface area contributed by atoms with Gasteiger partial charge in [-0.05, 0) is 0 Å². The average Bonchev–Trinajstić information content (AvgIpc) is 3.64. The fraction of sp³-hybridized carbons (Fsp3) is 0.111. The molecule has 2 aliphatic heterocycles. The van der Waals surface area contributed by atoms with E-state index in [1.54, 1.807) is 0 Å². The second-order valence-corrected chi connectivity index (χ2v) is 31.4. The summed E-state index contributed by atoms with van der Waals surface area (Å²) in [5, 5.41) is 10.4. The third-order valence-electron chi connectivity index (χ3n) is 7.40. The normalized spacial score (nSPS) is 24.2. The van der Waals surface area contributed by atoms with E-state index in [0.717, 1.165) is 6.54 Å². The van der Waals surface area contributed by atoms with Gasteiger partial charge in [0.15, 0.2) is 0 Å². The monoisotopic (exact) mass is 491 g/mol. The van der Waals surface area contributed by atoms with Crippen LogP contribution >= 0.6 is 32.0 Å². The van der Waals surface area contributed by atoms with Crippen LogP contribution in [-0.4, -0.2) is 12.7 Å². The van der Waals surface area contributed by atoms with Crippen LogP contribution in [0.2, 0.25) is 0 Å². The van der Waals surface area contributed by atoms with Crippen molar-refractivity contribution in [2.24, 2.45) is 0 Å². The molecule has 1 spiro atoms. The molecular weight excluding hydrogens is 464 g/mol. The van der Waals surface area contributed by atoms with Crippen LogP contribution in [0.15, 0.2) is 121 Å². The maximum absolute atomic E-state index is 4.34. The molecule has 1 nitrogen and oxygen atoms in total. The fourth-order valence-electron chi connectivity index (χ4n) is 6.08. The summed E-state index contributed by atoms with van der Waals surface area (Å²) < 4.78 is 0. The molecule has 0 amide bonds. The van der Waals surface area contributed by atoms with Gasteiger partial charge in [-0.3, -0.25) is 0 Å². The Balaban J connectivity index is 1.89. The zero-order chi connectivity index (χ0) is 21.6. The minimum atomic E-state index is -2.96. The molecule has 4 aromatic carbocycles. The molecule has 0 bridgehead atoms. The molecule has 4 aromatic rings. The first kappa shape index (κ1) is 21.0. The molecule has 0 saturated carbocycles. The Morgan fingerprint density at radius 3 is 1.25 bits per heavy atom. The summed E-state index contributed by atoms with van der Waals surface area (Å²) >= 11 is 0. The quantitative estimate of drug-likeness (QED) is 0.200. The summed E-state index contributed by atoms with van der Waals surface area (Å²) in [6, 6.07) is 46.0. The third kappa shape index (κ3) is 2.29. The molecule has 162 valence electrons. The number of hydrogen-bond acceptors (Lipinski definition) is 3. The minimum absolute atomic E-state index is 1.08. The zero-order valence-corrected chi connectivity index (χ0v) is 21.3. The van der Waals surface area contributed by atoms with Crippen molar-refractivity contribution in [2.45, 2.75) is 6.42 Å². The summed E-state index contributed by atoms with van der Waals surface area (Å²) in [4.78, 5) is -2.73. The summed E-state index contributed by atoms with van der Waals surface area (Å²) in [6.07, 6.45) is -0.564. The van der Waals surface area contributed by atoms with E-state index >= 15 is 0 Å². The van der Waals surface area contributed by atoms with Gasteiger partial charge >= 0.3 is 199 Å². The van der Waals surface area contributed by atoms with E-state index in [4.69, 9.17) is 0 Å². The van der Waals surface area contributed by atoms with Crippen molar-refractivity contribution in [3.8, 4) is 0 Å². The summed E-state index contributed by atoms with van der Waals surface area (Å²) in [7, 11) is 4.35. The molecule has 0 unspecified atom stereocenters. The van der Waals surface area contributed by atoms with Crippen molar-refractivity contribution in [2.75, 3.05) is 12.7 Å². The molecule has 2 fully saturated rings. The van der Waals surface area contributed by atoms with Crippen molar-refractivity contribution in [3.05, 3.63) is 121 Å². The van der Waals surface area contributed by atoms with Crippen molar-refractivity contribution in [3.63, 3.8) is 0 Å². The summed E-state index contributed by atoms with van der Waals surface area (Å²) in [6.45, 7) is 1.08. The Labute approximate surface area is 198 Å². The SMILES string of the molecule is c1ccc(P23(NCCCP2(c2ccccc2)(c2ccccc2)c2ccccc2)SS3)cc1. The standard InChI is InChI=1S/C27H27NP2S2/c1-5-14-24(15-6-1)29(25-16-7-2-8-17-25,26-18-9-3-10-19-26)23-13-22-28-30(29,31-32-30)27-20-11-4-12-21-27/h1-12,14-21,28H,13,22-23H2. The van der Waals surface area contributed by atoms with Crippen LogP contribution in [0.1, 0.15) is 6.42 Å². The molecule has 2 aliphatic rings. The van der Waals surface area contributed by atoms with Gasteiger partial charge < -0.3 is 0 Å². The van der Waals surface area contributed by atoms with Crippen LogP contribution in [-0.2, 0) is 0 Å². The van der Waals surface area contributed by atoms with Crippen LogP contribution in [0.4, 0.5) is 0 Å². The fourth-order valence-corrected chi connectivity index (χ4v) is 54.0. The molecule has 2 heterocycles. The van der Waals surface area contributed by atoms with Gasteiger partial charge in [0.2, 0.25) is 0 Å². The van der Waals surface area contributed by atoms with Crippen LogP contribution in [0, 0.1) is 0 Å². The Morgan fingerprint density at radius 1 is 0.500 bits per heavy atom. The van der Waals surface area contributed by atoms with E-state index in [9.17, 15) is 0 Å². The van der Waals surface area contributed by atoms with E-state index in [1.807, 2.05) is 0 Å². The van der Waals surface area contributed by atoms with Crippen LogP contribution in [0.5, 0.6) is 0 Å². The van der Waals surface area contributed by atoms with Gasteiger partial charge in [0.1, 0.15) is 0 Å². The van der Waals surface area contributed by atoms with Crippen molar-refractivity contribution >= 4 is 53.2 Å². The Bertz CT molecular complexity index is 1150. The molecule has 2 saturated heterocycles. The van der Waals surface area contributed by atoms with Crippen LogP contribution in [0.3, 0.4) is 0 Å². The van der Waals surface area contributed by atoms with Crippen molar-refractivity contribution < 1.29 is 0 Å². The van der Waals surface area contributed by atoms with E-state index in [1.165, 1.54) is 33.8 Å². The molecule has 32 heavy (non-hydrogen) atoms. The van der Waals surface area contributed by atoms with E-state index in [-0.39, 0.29) is 0 Å². The number of benzene rings is 4. The zero-order valence-electron chi connectivity index (χ0n) is 17.9. The van der Waals surface area contributed by atoms with Crippen molar-refractivity contribution in [1.29, 1.82) is 0 Å². The van der Waals surface area contributed by atoms with Gasteiger partial charge in [-0.25, -0.2) is 0 Å². The molecule has 5 heteroatoms. The summed E-state index contributed by atoms with van der Waals surface area (Å²) in [5.41, 5.74) is 0. The van der Waals surface area contributed by atoms with E-state index in [2.05, 4.69) is 147 Å². The van der Waals surface area contributed by atoms with Gasteiger partial charge in [-0.1, -0.05) is 0 Å². The molecular formula is C27H27NP2S2. The second-order valence-electron chi connectivity index (χ2n) is 8.64. The predicted octanol–water partition coefficient (Wildman–Crippen LogP) is 6.44. The first-order chi connectivity index (χ1) is 15.8. The summed E-state index contributed by atoms with van der Waals surface area (Å²) in [5.74, 6) is 0. The molecule has 0 aromatic heterocycles. The van der Waals surface area contributed by atoms with Crippen LogP contribution in [0.25, 0.3) is 0 Å². The second kappa shape index (κ2) is 7.45. The predicted molar refractivity (Wildman–Crippen MR) is 151 cm³/mol. The van der Waals surface area contributed by atoms with E-state index in [0.29, 0.717) is 0 Å². The Morgan fingerprint density at radius 2 is 0.875 bits per heavy atom. The Kier molecular flexibility index (Phi) is 4.88. The van der Waals surface area contributed by atoms with Gasteiger partial charge in [0.05, 0.1) is 0 Å². The van der Waals surface area contributed by atoms with Gasteiger partial charge in [-0.2, -0.15) is 0 Å². The van der Waals surface area contributed by atoms with Gasteiger partial charge in [-0.15, -0.1) is 0 Å². The molecule has 1 N–H and O–H groups in total. The average molecular weight is 492 g/mol. The Hall–Kier alpha value is -1.60. The van der Waals surface area contributed by atoms with Gasteiger partial charge in [0, 0.05) is 0 Å². The number of nitrogens with one attached hydrogen (secondary N) is 1. The number of hydrogen-bond donors (Lipinski definition) is 1. The molecule has 0 atom stereocenters. The van der Waals surface area contributed by atoms with Crippen LogP contribution < -0.4 is 26.3 Å². The van der Waals surface area contributed by atoms with E-state index < -0.39 is 11.1 Å². The molecule has 0 aliphatic carbocycles. The topological polar surface area (TPSA) is 12.0 Å². The third-order valence-corrected chi connectivity index (χ3v) is 44.7. The molecule has 6 rings (SSSR count). The number of rotatable bonds is 4. The molecule has 0 radical (unpaired) electrons. The first-order valence-electron chi connectivity index (χ1n) is 11.2. The van der Waals surface area contributed by atoms with Crippen molar-refractivity contribution in [1.82, 2.24) is 5.09 Å². The first-order valence-corrected chi connectivity index (χ1v) is 19.9. The maximum atomic E-state index is 4.34. The van der Waals surface area contributed by atoms with Gasteiger partial charge in [0.25, 0.3) is 0 Å².